The number of hydrogen-bond donors (Lipinski definition) is 1. The van der Waals surface area contributed by atoms with Gasteiger partial charge in [-0.2, -0.15) is 0 Å². The van der Waals surface area contributed by atoms with Gasteiger partial charge in [0.15, 0.2) is 0 Å². The number of aromatic nitrogens is 4. The highest BCUT2D eigenvalue weighted by molar-refractivity contribution is 5.78. The minimum Gasteiger partial charge on any atom is -0.353 e. The summed E-state index contributed by atoms with van der Waals surface area (Å²) in [6, 6.07) is 18.7. The molecule has 1 saturated carbocycles. The van der Waals surface area contributed by atoms with Crippen molar-refractivity contribution < 1.29 is 4.79 Å². The molecule has 0 aliphatic heterocycles. The zero-order valence-corrected chi connectivity index (χ0v) is 15.2. The summed E-state index contributed by atoms with van der Waals surface area (Å²) in [4.78, 5) is 12.4. The van der Waals surface area contributed by atoms with E-state index in [1.807, 2.05) is 24.3 Å². The van der Waals surface area contributed by atoms with Crippen molar-refractivity contribution in [1.29, 1.82) is 0 Å². The summed E-state index contributed by atoms with van der Waals surface area (Å²) in [5.74, 6) is 0.714. The highest BCUT2D eigenvalue weighted by Gasteiger charge is 2.23. The first kappa shape index (κ1) is 17.4. The lowest BCUT2D eigenvalue weighted by atomic mass is 9.82. The van der Waals surface area contributed by atoms with Gasteiger partial charge in [0.2, 0.25) is 5.91 Å². The molecule has 6 heteroatoms. The van der Waals surface area contributed by atoms with Crippen molar-refractivity contribution in [2.45, 2.75) is 44.1 Å². The van der Waals surface area contributed by atoms with Crippen LogP contribution in [0.5, 0.6) is 0 Å². The van der Waals surface area contributed by atoms with E-state index in [9.17, 15) is 4.79 Å². The van der Waals surface area contributed by atoms with Crippen molar-refractivity contribution in [3.8, 4) is 5.69 Å². The number of carbonyl (C=O) groups excluding carboxylic acids is 1. The van der Waals surface area contributed by atoms with E-state index in [1.165, 1.54) is 5.56 Å². The first-order valence-electron chi connectivity index (χ1n) is 9.44. The summed E-state index contributed by atoms with van der Waals surface area (Å²) >= 11 is 0. The first-order chi connectivity index (χ1) is 13.3. The van der Waals surface area contributed by atoms with Gasteiger partial charge in [0.1, 0.15) is 6.33 Å². The minimum absolute atomic E-state index is 0.0910. The van der Waals surface area contributed by atoms with Crippen LogP contribution in [0.1, 0.15) is 42.7 Å². The number of rotatable bonds is 5. The van der Waals surface area contributed by atoms with Crippen molar-refractivity contribution in [3.05, 3.63) is 72.1 Å². The molecule has 1 aliphatic carbocycles. The summed E-state index contributed by atoms with van der Waals surface area (Å²) in [7, 11) is 0. The summed E-state index contributed by atoms with van der Waals surface area (Å²) in [6.07, 6.45) is 6.31. The molecule has 0 spiro atoms. The molecule has 0 unspecified atom stereocenters. The highest BCUT2D eigenvalue weighted by Crippen LogP contribution is 2.32. The maximum absolute atomic E-state index is 12.4. The Hall–Kier alpha value is -3.02. The molecule has 0 saturated heterocycles. The second kappa shape index (κ2) is 8.12. The molecule has 1 aromatic heterocycles. The highest BCUT2D eigenvalue weighted by atomic mass is 16.1. The van der Waals surface area contributed by atoms with Gasteiger partial charge in [-0.25, -0.2) is 4.68 Å². The van der Waals surface area contributed by atoms with Gasteiger partial charge in [0.05, 0.1) is 12.1 Å². The number of tetrazole rings is 1. The fraction of sp³-hybridized carbons (Fsp3) is 0.333. The Labute approximate surface area is 158 Å². The number of nitrogens with zero attached hydrogens (tertiary/aromatic N) is 4. The molecular formula is C21H23N5O. The molecule has 4 rings (SSSR count). The Morgan fingerprint density at radius 3 is 2.41 bits per heavy atom. The van der Waals surface area contributed by atoms with E-state index in [2.05, 4.69) is 51.2 Å². The monoisotopic (exact) mass is 361 g/mol. The number of amides is 1. The molecule has 1 fully saturated rings. The molecule has 2 aromatic carbocycles. The molecule has 1 amide bonds. The van der Waals surface area contributed by atoms with Crippen molar-refractivity contribution in [1.82, 2.24) is 25.5 Å². The summed E-state index contributed by atoms with van der Waals surface area (Å²) < 4.78 is 1.59. The third-order valence-electron chi connectivity index (χ3n) is 5.28. The van der Waals surface area contributed by atoms with Gasteiger partial charge in [-0.15, -0.1) is 5.10 Å². The smallest absolute Gasteiger partial charge is 0.224 e. The van der Waals surface area contributed by atoms with E-state index >= 15 is 0 Å². The van der Waals surface area contributed by atoms with Gasteiger partial charge in [-0.05, 0) is 65.3 Å². The predicted octanol–water partition coefficient (Wildman–Crippen LogP) is 3.05. The Bertz CT molecular complexity index is 853. The molecule has 27 heavy (non-hydrogen) atoms. The van der Waals surface area contributed by atoms with Crippen molar-refractivity contribution in [2.24, 2.45) is 0 Å². The van der Waals surface area contributed by atoms with Crippen LogP contribution >= 0.6 is 0 Å². The van der Waals surface area contributed by atoms with Gasteiger partial charge >= 0.3 is 0 Å². The third kappa shape index (κ3) is 4.39. The van der Waals surface area contributed by atoms with Crippen LogP contribution in [0.25, 0.3) is 5.69 Å². The third-order valence-corrected chi connectivity index (χ3v) is 5.28. The Balaban J connectivity index is 1.26. The van der Waals surface area contributed by atoms with Crippen LogP contribution in [-0.2, 0) is 11.2 Å². The van der Waals surface area contributed by atoms with E-state index in [0.717, 1.165) is 36.9 Å². The average Bonchev–Trinajstić information content (AvgIpc) is 3.25. The molecule has 1 aliphatic rings. The maximum Gasteiger partial charge on any atom is 0.224 e. The van der Waals surface area contributed by atoms with Gasteiger partial charge in [0, 0.05) is 6.04 Å². The first-order valence-corrected chi connectivity index (χ1v) is 9.44. The Morgan fingerprint density at radius 1 is 1.00 bits per heavy atom. The van der Waals surface area contributed by atoms with Gasteiger partial charge in [-0.3, -0.25) is 4.79 Å². The molecule has 3 aromatic rings. The van der Waals surface area contributed by atoms with Gasteiger partial charge < -0.3 is 5.32 Å². The van der Waals surface area contributed by atoms with Crippen LogP contribution in [0, 0.1) is 0 Å². The van der Waals surface area contributed by atoms with Crippen molar-refractivity contribution >= 4 is 5.91 Å². The van der Waals surface area contributed by atoms with Crippen molar-refractivity contribution in [2.75, 3.05) is 0 Å². The van der Waals surface area contributed by atoms with E-state index in [1.54, 1.807) is 11.0 Å². The molecule has 0 radical (unpaired) electrons. The number of hydrogen-bond acceptors (Lipinski definition) is 4. The van der Waals surface area contributed by atoms with E-state index in [4.69, 9.17) is 0 Å². The lowest BCUT2D eigenvalue weighted by molar-refractivity contribution is -0.121. The second-order valence-electron chi connectivity index (χ2n) is 7.12. The van der Waals surface area contributed by atoms with E-state index < -0.39 is 0 Å². The molecule has 6 nitrogen and oxygen atoms in total. The second-order valence-corrected chi connectivity index (χ2v) is 7.12. The zero-order valence-electron chi connectivity index (χ0n) is 15.2. The van der Waals surface area contributed by atoms with Gasteiger partial charge in [-0.1, -0.05) is 42.5 Å². The molecule has 138 valence electrons. The number of carbonyl (C=O) groups is 1. The average molecular weight is 361 g/mol. The van der Waals surface area contributed by atoms with Crippen molar-refractivity contribution in [3.63, 3.8) is 0 Å². The van der Waals surface area contributed by atoms with Crippen LogP contribution in [0.4, 0.5) is 0 Å². The molecule has 1 N–H and O–H groups in total. The number of benzene rings is 2. The molecular weight excluding hydrogens is 338 g/mol. The summed E-state index contributed by atoms with van der Waals surface area (Å²) in [5.41, 5.74) is 3.29. The van der Waals surface area contributed by atoms with Crippen LogP contribution in [0.2, 0.25) is 0 Å². The van der Waals surface area contributed by atoms with Crippen LogP contribution < -0.4 is 5.32 Å². The lowest BCUT2D eigenvalue weighted by Gasteiger charge is -2.29. The topological polar surface area (TPSA) is 72.7 Å². The normalized spacial score (nSPS) is 19.6. The Morgan fingerprint density at radius 2 is 1.74 bits per heavy atom. The largest absolute Gasteiger partial charge is 0.353 e. The molecule has 0 bridgehead atoms. The minimum atomic E-state index is 0.0910. The van der Waals surface area contributed by atoms with Crippen LogP contribution in [-0.4, -0.2) is 32.2 Å². The SMILES string of the molecule is O=C(Cc1ccc(-n2cnnn2)cc1)NC1CCC(c2ccccc2)CC1. The number of nitrogens with one attached hydrogen (secondary N) is 1. The quantitative estimate of drug-likeness (QED) is 0.758. The predicted molar refractivity (Wildman–Crippen MR) is 102 cm³/mol. The van der Waals surface area contributed by atoms with Crippen LogP contribution in [0.15, 0.2) is 60.9 Å². The van der Waals surface area contributed by atoms with E-state index in [0.29, 0.717) is 12.3 Å². The standard InChI is InChI=1S/C21H23N5O/c27-21(14-16-6-12-20(13-7-16)26-15-22-24-25-26)23-19-10-8-18(9-11-19)17-4-2-1-3-5-17/h1-7,12-13,15,18-19H,8-11,14H2,(H,23,27). The fourth-order valence-electron chi connectivity index (χ4n) is 3.81. The molecule has 0 atom stereocenters. The van der Waals surface area contributed by atoms with Gasteiger partial charge in [0.25, 0.3) is 0 Å². The van der Waals surface area contributed by atoms with Crippen LogP contribution in [0.3, 0.4) is 0 Å². The fourth-order valence-corrected chi connectivity index (χ4v) is 3.81. The summed E-state index contributed by atoms with van der Waals surface area (Å²) in [6.45, 7) is 0. The lowest BCUT2D eigenvalue weighted by Crippen LogP contribution is -2.38. The summed E-state index contributed by atoms with van der Waals surface area (Å²) in [5, 5.41) is 14.3. The molecule has 1 heterocycles. The zero-order chi connectivity index (χ0) is 18.5. The van der Waals surface area contributed by atoms with E-state index in [-0.39, 0.29) is 11.9 Å². The Kier molecular flexibility index (Phi) is 5.23. The maximum atomic E-state index is 12.4.